The van der Waals surface area contributed by atoms with Gasteiger partial charge in [0.2, 0.25) is 0 Å². The Hall–Kier alpha value is -3.12. The van der Waals surface area contributed by atoms with Gasteiger partial charge in [0.15, 0.2) is 17.8 Å². The molecule has 142 valence electrons. The number of thiophene rings is 1. The molecular formula is C22H22N4OS. The van der Waals surface area contributed by atoms with Gasteiger partial charge in [0.05, 0.1) is 5.69 Å². The molecular weight excluding hydrogens is 368 g/mol. The van der Waals surface area contributed by atoms with Crippen molar-refractivity contribution in [1.29, 1.82) is 0 Å². The molecule has 0 spiro atoms. The van der Waals surface area contributed by atoms with E-state index < -0.39 is 0 Å². The van der Waals surface area contributed by atoms with Gasteiger partial charge in [0.1, 0.15) is 0 Å². The molecule has 3 aromatic rings. The number of carbonyl (C=O) groups excluding carboxylic acids is 1. The van der Waals surface area contributed by atoms with Crippen LogP contribution in [-0.4, -0.2) is 25.7 Å². The van der Waals surface area contributed by atoms with Crippen molar-refractivity contribution >= 4 is 40.0 Å². The van der Waals surface area contributed by atoms with Gasteiger partial charge in [-0.25, -0.2) is 5.01 Å². The molecule has 0 amide bonds. The molecule has 4 rings (SSSR count). The van der Waals surface area contributed by atoms with E-state index in [-0.39, 0.29) is 11.9 Å². The maximum atomic E-state index is 12.5. The van der Waals surface area contributed by atoms with E-state index >= 15 is 0 Å². The molecule has 0 bridgehead atoms. The highest BCUT2D eigenvalue weighted by molar-refractivity contribution is 7.10. The van der Waals surface area contributed by atoms with Crippen LogP contribution in [-0.2, 0) is 4.79 Å². The zero-order chi connectivity index (χ0) is 19.7. The SMILES string of the molecule is CC(=O)C1=NN(c2ccccc2)[C@H](c2cccs2)N1c1ccc(N(C)C)cc1. The number of hydrogen-bond acceptors (Lipinski definition) is 6. The molecule has 1 aliphatic heterocycles. The van der Waals surface area contributed by atoms with E-state index in [1.807, 2.05) is 72.5 Å². The van der Waals surface area contributed by atoms with Crippen LogP contribution >= 0.6 is 11.3 Å². The Labute approximate surface area is 169 Å². The molecule has 5 nitrogen and oxygen atoms in total. The number of nitrogens with zero attached hydrogens (tertiary/aromatic N) is 4. The van der Waals surface area contributed by atoms with Crippen LogP contribution in [0.5, 0.6) is 0 Å². The first-order chi connectivity index (χ1) is 13.6. The van der Waals surface area contributed by atoms with Crippen molar-refractivity contribution in [1.82, 2.24) is 0 Å². The van der Waals surface area contributed by atoms with E-state index in [4.69, 9.17) is 5.10 Å². The second kappa shape index (κ2) is 7.48. The number of ketones is 1. The molecule has 28 heavy (non-hydrogen) atoms. The summed E-state index contributed by atoms with van der Waals surface area (Å²) in [6, 6.07) is 22.3. The summed E-state index contributed by atoms with van der Waals surface area (Å²) in [6.07, 6.45) is -0.202. The number of anilines is 3. The highest BCUT2D eigenvalue weighted by Gasteiger charge is 2.39. The van der Waals surface area contributed by atoms with Crippen molar-refractivity contribution in [2.24, 2.45) is 5.10 Å². The van der Waals surface area contributed by atoms with E-state index in [0.29, 0.717) is 5.84 Å². The van der Waals surface area contributed by atoms with E-state index in [9.17, 15) is 4.79 Å². The van der Waals surface area contributed by atoms with Crippen LogP contribution in [0.2, 0.25) is 0 Å². The smallest absolute Gasteiger partial charge is 0.198 e. The van der Waals surface area contributed by atoms with Crippen LogP contribution < -0.4 is 14.8 Å². The summed E-state index contributed by atoms with van der Waals surface area (Å²) in [4.78, 5) is 17.7. The summed E-state index contributed by atoms with van der Waals surface area (Å²) in [7, 11) is 4.03. The van der Waals surface area contributed by atoms with E-state index in [1.54, 1.807) is 18.3 Å². The lowest BCUT2D eigenvalue weighted by molar-refractivity contribution is -0.111. The lowest BCUT2D eigenvalue weighted by Gasteiger charge is -2.31. The molecule has 6 heteroatoms. The fourth-order valence-corrected chi connectivity index (χ4v) is 4.11. The van der Waals surface area contributed by atoms with Gasteiger partial charge in [0, 0.05) is 37.3 Å². The number of hydrogen-bond donors (Lipinski definition) is 0. The number of benzene rings is 2. The number of amidine groups is 1. The summed E-state index contributed by atoms with van der Waals surface area (Å²) >= 11 is 1.66. The Balaban J connectivity index is 1.84. The van der Waals surface area contributed by atoms with Crippen molar-refractivity contribution in [3.05, 3.63) is 77.0 Å². The molecule has 0 unspecified atom stereocenters. The summed E-state index contributed by atoms with van der Waals surface area (Å²) in [5.74, 6) is 0.386. The molecule has 2 heterocycles. The second-order valence-corrected chi connectivity index (χ2v) is 7.81. The molecule has 0 N–H and O–H groups in total. The third-order valence-corrected chi connectivity index (χ3v) is 5.60. The van der Waals surface area contributed by atoms with Gasteiger partial charge in [-0.05, 0) is 47.8 Å². The van der Waals surface area contributed by atoms with Crippen molar-refractivity contribution in [3.63, 3.8) is 0 Å². The monoisotopic (exact) mass is 390 g/mol. The van der Waals surface area contributed by atoms with E-state index in [2.05, 4.69) is 28.5 Å². The lowest BCUT2D eigenvalue weighted by atomic mass is 10.2. The number of Topliss-reactive ketones (excluding diaryl/α,β-unsaturated/α-hetero) is 1. The first-order valence-electron chi connectivity index (χ1n) is 9.10. The molecule has 0 radical (unpaired) electrons. The van der Waals surface area contributed by atoms with Crippen LogP contribution in [0.25, 0.3) is 0 Å². The third kappa shape index (κ3) is 3.27. The predicted octanol–water partition coefficient (Wildman–Crippen LogP) is 4.74. The van der Waals surface area contributed by atoms with Gasteiger partial charge in [0.25, 0.3) is 0 Å². The minimum absolute atomic E-state index is 0.0586. The molecule has 0 fully saturated rings. The molecule has 0 saturated carbocycles. The minimum atomic E-state index is -0.202. The summed E-state index contributed by atoms with van der Waals surface area (Å²) in [5, 5.41) is 8.72. The quantitative estimate of drug-likeness (QED) is 0.631. The second-order valence-electron chi connectivity index (χ2n) is 6.83. The highest BCUT2D eigenvalue weighted by atomic mass is 32.1. The van der Waals surface area contributed by atoms with Gasteiger partial charge in [-0.1, -0.05) is 24.3 Å². The Bertz CT molecular complexity index is 981. The van der Waals surface area contributed by atoms with Crippen molar-refractivity contribution in [3.8, 4) is 0 Å². The Morgan fingerprint density at radius 2 is 1.68 bits per heavy atom. The van der Waals surface area contributed by atoms with Crippen molar-refractivity contribution < 1.29 is 4.79 Å². The van der Waals surface area contributed by atoms with Gasteiger partial charge < -0.3 is 4.90 Å². The van der Waals surface area contributed by atoms with Crippen molar-refractivity contribution in [2.45, 2.75) is 13.1 Å². The molecule has 0 aliphatic carbocycles. The predicted molar refractivity (Wildman–Crippen MR) is 117 cm³/mol. The molecule has 1 aliphatic rings. The van der Waals surface area contributed by atoms with Gasteiger partial charge in [-0.3, -0.25) is 9.69 Å². The first kappa shape index (κ1) is 18.3. The van der Waals surface area contributed by atoms with Crippen LogP contribution in [0.15, 0.2) is 77.2 Å². The molecule has 0 saturated heterocycles. The fourth-order valence-electron chi connectivity index (χ4n) is 3.31. The Morgan fingerprint density at radius 3 is 2.25 bits per heavy atom. The lowest BCUT2D eigenvalue weighted by Crippen LogP contribution is -2.37. The summed E-state index contributed by atoms with van der Waals surface area (Å²) in [6.45, 7) is 1.57. The minimum Gasteiger partial charge on any atom is -0.378 e. The van der Waals surface area contributed by atoms with Crippen LogP contribution in [0.1, 0.15) is 18.0 Å². The van der Waals surface area contributed by atoms with Crippen molar-refractivity contribution in [2.75, 3.05) is 28.9 Å². The van der Waals surface area contributed by atoms with Gasteiger partial charge >= 0.3 is 0 Å². The molecule has 2 aromatic carbocycles. The fraction of sp³-hybridized carbons (Fsp3) is 0.182. The zero-order valence-electron chi connectivity index (χ0n) is 16.1. The largest absolute Gasteiger partial charge is 0.378 e. The zero-order valence-corrected chi connectivity index (χ0v) is 16.9. The van der Waals surface area contributed by atoms with E-state index in [0.717, 1.165) is 21.9 Å². The van der Waals surface area contributed by atoms with Gasteiger partial charge in [-0.2, -0.15) is 0 Å². The molecule has 1 atom stereocenters. The first-order valence-corrected chi connectivity index (χ1v) is 9.98. The third-order valence-electron chi connectivity index (χ3n) is 4.68. The Kier molecular flexibility index (Phi) is 4.88. The maximum Gasteiger partial charge on any atom is 0.198 e. The highest BCUT2D eigenvalue weighted by Crippen LogP contribution is 2.40. The van der Waals surface area contributed by atoms with Crippen LogP contribution in [0.3, 0.4) is 0 Å². The number of rotatable bonds is 5. The van der Waals surface area contributed by atoms with E-state index in [1.165, 1.54) is 0 Å². The average molecular weight is 391 g/mol. The number of carbonyl (C=O) groups is 1. The normalized spacial score (nSPS) is 16.2. The summed E-state index contributed by atoms with van der Waals surface area (Å²) in [5.41, 5.74) is 3.00. The van der Waals surface area contributed by atoms with Gasteiger partial charge in [-0.15, -0.1) is 16.4 Å². The topological polar surface area (TPSA) is 39.2 Å². The number of hydrazone groups is 1. The maximum absolute atomic E-state index is 12.5. The standard InChI is InChI=1S/C22H22N4OS/c1-16(27)21-23-26(19-8-5-4-6-9-19)22(20-10-7-15-28-20)25(21)18-13-11-17(12-14-18)24(2)3/h4-15,22H,1-3H3/t22-/m1/s1. The average Bonchev–Trinajstić information content (AvgIpc) is 3.36. The van der Waals surface area contributed by atoms with Crippen LogP contribution in [0, 0.1) is 0 Å². The molecule has 1 aromatic heterocycles. The summed E-state index contributed by atoms with van der Waals surface area (Å²) < 4.78 is 0. The Morgan fingerprint density at radius 1 is 0.964 bits per heavy atom. The van der Waals surface area contributed by atoms with Crippen LogP contribution in [0.4, 0.5) is 17.1 Å². The number of para-hydroxylation sites is 1.